The molecule has 1 aromatic carbocycles. The number of hydrogen-bond acceptors (Lipinski definition) is 3. The van der Waals surface area contributed by atoms with Crippen molar-refractivity contribution in [3.63, 3.8) is 0 Å². The Balaban J connectivity index is 0.00000192. The highest BCUT2D eigenvalue weighted by Gasteiger charge is 2.23. The highest BCUT2D eigenvalue weighted by molar-refractivity contribution is 14.0. The minimum Gasteiger partial charge on any atom is -0.497 e. The topological polar surface area (TPSA) is 54.9 Å². The van der Waals surface area contributed by atoms with Gasteiger partial charge < -0.3 is 20.1 Å². The van der Waals surface area contributed by atoms with Crippen LogP contribution in [0.1, 0.15) is 31.2 Å². The SMILES string of the molecule is COc1cccc(CN=C(NCC2CCCO2)NC2CC2)c1.I. The number of aliphatic imine (C=N–C) groups is 1. The summed E-state index contributed by atoms with van der Waals surface area (Å²) in [6.45, 7) is 2.36. The number of methoxy groups -OCH3 is 1. The van der Waals surface area contributed by atoms with Crippen molar-refractivity contribution in [3.05, 3.63) is 29.8 Å². The maximum absolute atomic E-state index is 5.66. The number of rotatable bonds is 6. The Labute approximate surface area is 155 Å². The Kier molecular flexibility index (Phi) is 7.42. The molecule has 2 aliphatic rings. The van der Waals surface area contributed by atoms with Crippen molar-refractivity contribution in [1.82, 2.24) is 10.6 Å². The van der Waals surface area contributed by atoms with Gasteiger partial charge in [0.2, 0.25) is 0 Å². The van der Waals surface area contributed by atoms with E-state index in [1.165, 1.54) is 19.3 Å². The Morgan fingerprint density at radius 1 is 1.35 bits per heavy atom. The second kappa shape index (κ2) is 9.32. The summed E-state index contributed by atoms with van der Waals surface area (Å²) in [4.78, 5) is 4.69. The number of guanidine groups is 1. The number of nitrogens with one attached hydrogen (secondary N) is 2. The zero-order valence-corrected chi connectivity index (χ0v) is 15.9. The van der Waals surface area contributed by atoms with Gasteiger partial charge in [-0.25, -0.2) is 4.99 Å². The van der Waals surface area contributed by atoms with Gasteiger partial charge in [-0.2, -0.15) is 0 Å². The number of hydrogen-bond donors (Lipinski definition) is 2. The molecule has 2 fully saturated rings. The molecule has 1 aliphatic heterocycles. The van der Waals surface area contributed by atoms with E-state index in [0.717, 1.165) is 36.8 Å². The molecular formula is C17H26IN3O2. The lowest BCUT2D eigenvalue weighted by molar-refractivity contribution is 0.113. The van der Waals surface area contributed by atoms with E-state index in [2.05, 4.69) is 16.7 Å². The van der Waals surface area contributed by atoms with E-state index >= 15 is 0 Å². The lowest BCUT2D eigenvalue weighted by Crippen LogP contribution is -2.42. The van der Waals surface area contributed by atoms with Crippen molar-refractivity contribution < 1.29 is 9.47 Å². The van der Waals surface area contributed by atoms with Gasteiger partial charge in [0, 0.05) is 19.2 Å². The average molecular weight is 431 g/mol. The van der Waals surface area contributed by atoms with Gasteiger partial charge in [0.05, 0.1) is 19.8 Å². The van der Waals surface area contributed by atoms with Crippen molar-refractivity contribution in [2.24, 2.45) is 4.99 Å². The predicted octanol–water partition coefficient (Wildman–Crippen LogP) is 2.69. The van der Waals surface area contributed by atoms with E-state index in [9.17, 15) is 0 Å². The first-order valence-electron chi connectivity index (χ1n) is 8.13. The molecule has 3 rings (SSSR count). The maximum Gasteiger partial charge on any atom is 0.191 e. The molecule has 1 unspecified atom stereocenters. The summed E-state index contributed by atoms with van der Waals surface area (Å²) in [5, 5.41) is 6.88. The normalized spacial score (nSPS) is 20.7. The molecule has 128 valence electrons. The Hall–Kier alpha value is -1.02. The lowest BCUT2D eigenvalue weighted by atomic mass is 10.2. The molecule has 1 aromatic rings. The molecule has 5 nitrogen and oxygen atoms in total. The van der Waals surface area contributed by atoms with E-state index in [1.807, 2.05) is 18.2 Å². The van der Waals surface area contributed by atoms with E-state index in [4.69, 9.17) is 14.5 Å². The quantitative estimate of drug-likeness (QED) is 0.413. The van der Waals surface area contributed by atoms with Gasteiger partial charge in [-0.1, -0.05) is 12.1 Å². The number of nitrogens with zero attached hydrogens (tertiary/aromatic N) is 1. The van der Waals surface area contributed by atoms with Crippen LogP contribution in [0.15, 0.2) is 29.3 Å². The van der Waals surface area contributed by atoms with Gasteiger partial charge >= 0.3 is 0 Å². The summed E-state index contributed by atoms with van der Waals surface area (Å²) in [6, 6.07) is 8.63. The fourth-order valence-corrected chi connectivity index (χ4v) is 2.53. The van der Waals surface area contributed by atoms with Gasteiger partial charge in [0.1, 0.15) is 5.75 Å². The first kappa shape index (κ1) is 18.3. The summed E-state index contributed by atoms with van der Waals surface area (Å²) in [7, 11) is 1.69. The minimum absolute atomic E-state index is 0. The fourth-order valence-electron chi connectivity index (χ4n) is 2.53. The van der Waals surface area contributed by atoms with Crippen LogP contribution in [0.5, 0.6) is 5.75 Å². The Morgan fingerprint density at radius 2 is 2.22 bits per heavy atom. The fraction of sp³-hybridized carbons (Fsp3) is 0.588. The summed E-state index contributed by atoms with van der Waals surface area (Å²) >= 11 is 0. The van der Waals surface area contributed by atoms with Crippen LogP contribution >= 0.6 is 24.0 Å². The van der Waals surface area contributed by atoms with E-state index < -0.39 is 0 Å². The van der Waals surface area contributed by atoms with Crippen LogP contribution in [0.25, 0.3) is 0 Å². The zero-order chi connectivity index (χ0) is 15.2. The molecule has 2 N–H and O–H groups in total. The summed E-state index contributed by atoms with van der Waals surface area (Å²) in [6.07, 6.45) is 5.10. The van der Waals surface area contributed by atoms with Crippen molar-refractivity contribution in [2.45, 2.75) is 44.4 Å². The smallest absolute Gasteiger partial charge is 0.191 e. The summed E-state index contributed by atoms with van der Waals surface area (Å²) < 4.78 is 10.9. The molecule has 0 spiro atoms. The monoisotopic (exact) mass is 431 g/mol. The third kappa shape index (κ3) is 6.18. The average Bonchev–Trinajstić information content (AvgIpc) is 3.22. The first-order chi connectivity index (χ1) is 10.8. The molecule has 1 aliphatic carbocycles. The van der Waals surface area contributed by atoms with Crippen LogP contribution < -0.4 is 15.4 Å². The van der Waals surface area contributed by atoms with Crippen LogP contribution in [0, 0.1) is 0 Å². The van der Waals surface area contributed by atoms with Crippen LogP contribution in [-0.4, -0.2) is 38.4 Å². The molecule has 1 atom stereocenters. The number of halogens is 1. The first-order valence-corrected chi connectivity index (χ1v) is 8.13. The third-order valence-corrected chi connectivity index (χ3v) is 3.99. The van der Waals surface area contributed by atoms with Gasteiger partial charge in [0.15, 0.2) is 5.96 Å². The summed E-state index contributed by atoms with van der Waals surface area (Å²) in [5.41, 5.74) is 1.15. The molecule has 0 bridgehead atoms. The standard InChI is InChI=1S/C17H25N3O2.HI/c1-21-15-5-2-4-13(10-15)11-18-17(20-14-7-8-14)19-12-16-6-3-9-22-16;/h2,4-5,10,14,16H,3,6-9,11-12H2,1H3,(H2,18,19,20);1H. The highest BCUT2D eigenvalue weighted by atomic mass is 127. The number of benzene rings is 1. The molecule has 1 saturated heterocycles. The second-order valence-electron chi connectivity index (χ2n) is 5.95. The van der Waals surface area contributed by atoms with Gasteiger partial charge in [-0.15, -0.1) is 24.0 Å². The van der Waals surface area contributed by atoms with Crippen LogP contribution in [0.4, 0.5) is 0 Å². The van der Waals surface area contributed by atoms with Gasteiger partial charge in [-0.3, -0.25) is 0 Å². The molecule has 6 heteroatoms. The molecule has 1 saturated carbocycles. The van der Waals surface area contributed by atoms with Crippen LogP contribution in [0.3, 0.4) is 0 Å². The Bertz CT molecular complexity index is 514. The van der Waals surface area contributed by atoms with Crippen LogP contribution in [0.2, 0.25) is 0 Å². The van der Waals surface area contributed by atoms with E-state index in [-0.39, 0.29) is 24.0 Å². The molecular weight excluding hydrogens is 405 g/mol. The summed E-state index contributed by atoms with van der Waals surface area (Å²) in [5.74, 6) is 1.76. The largest absolute Gasteiger partial charge is 0.497 e. The van der Waals surface area contributed by atoms with Gasteiger partial charge in [0.25, 0.3) is 0 Å². The minimum atomic E-state index is 0. The van der Waals surface area contributed by atoms with E-state index in [0.29, 0.717) is 18.7 Å². The molecule has 1 heterocycles. The predicted molar refractivity (Wildman–Crippen MR) is 103 cm³/mol. The van der Waals surface area contributed by atoms with Crippen LogP contribution in [-0.2, 0) is 11.3 Å². The van der Waals surface area contributed by atoms with Crippen molar-refractivity contribution in [3.8, 4) is 5.75 Å². The lowest BCUT2D eigenvalue weighted by Gasteiger charge is -2.15. The van der Waals surface area contributed by atoms with E-state index in [1.54, 1.807) is 7.11 Å². The zero-order valence-electron chi connectivity index (χ0n) is 13.6. The third-order valence-electron chi connectivity index (χ3n) is 3.99. The Morgan fingerprint density at radius 3 is 2.91 bits per heavy atom. The number of ether oxygens (including phenoxy) is 2. The molecule has 0 aromatic heterocycles. The molecule has 0 amide bonds. The van der Waals surface area contributed by atoms with Crippen molar-refractivity contribution >= 4 is 29.9 Å². The highest BCUT2D eigenvalue weighted by Crippen LogP contribution is 2.19. The molecule has 23 heavy (non-hydrogen) atoms. The second-order valence-corrected chi connectivity index (χ2v) is 5.95. The van der Waals surface area contributed by atoms with Gasteiger partial charge in [-0.05, 0) is 43.4 Å². The van der Waals surface area contributed by atoms with Crippen molar-refractivity contribution in [1.29, 1.82) is 0 Å². The molecule has 0 radical (unpaired) electrons. The maximum atomic E-state index is 5.66. The van der Waals surface area contributed by atoms with Crippen molar-refractivity contribution in [2.75, 3.05) is 20.3 Å².